The molecule has 3 amide bonds. The zero-order chi connectivity index (χ0) is 24.2. The summed E-state index contributed by atoms with van der Waals surface area (Å²) in [5, 5.41) is 11.0. The number of imide groups is 1. The van der Waals surface area contributed by atoms with Gasteiger partial charge in [-0.25, -0.2) is 0 Å². The lowest BCUT2D eigenvalue weighted by molar-refractivity contribution is -0.116. The lowest BCUT2D eigenvalue weighted by Gasteiger charge is -2.13. The van der Waals surface area contributed by atoms with Gasteiger partial charge in [-0.3, -0.25) is 19.3 Å². The summed E-state index contributed by atoms with van der Waals surface area (Å²) >= 11 is 0. The molecule has 35 heavy (non-hydrogen) atoms. The molecule has 9 heteroatoms. The van der Waals surface area contributed by atoms with Crippen molar-refractivity contribution in [2.45, 2.75) is 12.8 Å². The number of amides is 3. The Labute approximate surface area is 201 Å². The number of fused-ring (bicyclic) bond motifs is 1. The number of benzene rings is 2. The van der Waals surface area contributed by atoms with Gasteiger partial charge >= 0.3 is 0 Å². The number of hydrogen-bond donors (Lipinski definition) is 1. The third kappa shape index (κ3) is 4.79. The summed E-state index contributed by atoms with van der Waals surface area (Å²) in [5.41, 5.74) is 1.43. The van der Waals surface area contributed by atoms with Gasteiger partial charge in [-0.05, 0) is 61.0 Å². The zero-order valence-electron chi connectivity index (χ0n) is 18.6. The highest BCUT2D eigenvalue weighted by Crippen LogP contribution is 2.24. The van der Waals surface area contributed by atoms with Crippen LogP contribution in [0, 0.1) is 0 Å². The summed E-state index contributed by atoms with van der Waals surface area (Å²) < 4.78 is 7.56. The molecule has 0 spiro atoms. The van der Waals surface area contributed by atoms with Crippen molar-refractivity contribution in [1.82, 2.24) is 19.7 Å². The summed E-state index contributed by atoms with van der Waals surface area (Å²) in [5.74, 6) is 0.754. The summed E-state index contributed by atoms with van der Waals surface area (Å²) in [6.07, 6.45) is 4.30. The second-order valence-electron chi connectivity index (χ2n) is 7.91. The molecule has 1 aliphatic rings. The van der Waals surface area contributed by atoms with Crippen LogP contribution in [-0.4, -0.2) is 43.9 Å². The Morgan fingerprint density at radius 3 is 2.14 bits per heavy atom. The van der Waals surface area contributed by atoms with Gasteiger partial charge in [0.2, 0.25) is 11.8 Å². The number of aromatic nitrogens is 3. The van der Waals surface area contributed by atoms with Crippen LogP contribution in [0.3, 0.4) is 0 Å². The fourth-order valence-corrected chi connectivity index (χ4v) is 3.78. The third-order valence-electron chi connectivity index (χ3n) is 5.52. The maximum Gasteiger partial charge on any atom is 0.261 e. The molecule has 9 nitrogen and oxygen atoms in total. The van der Waals surface area contributed by atoms with Gasteiger partial charge in [0.15, 0.2) is 5.82 Å². The number of carbonyl (C=O) groups excluding carboxylic acids is 3. The first kappa shape index (κ1) is 22.0. The molecule has 174 valence electrons. The highest BCUT2D eigenvalue weighted by atomic mass is 16.5. The van der Waals surface area contributed by atoms with Crippen LogP contribution in [0.15, 0.2) is 85.2 Å². The van der Waals surface area contributed by atoms with Gasteiger partial charge in [0, 0.05) is 37.1 Å². The number of anilines is 1. The number of nitrogens with zero attached hydrogens (tertiary/aromatic N) is 4. The Morgan fingerprint density at radius 2 is 1.51 bits per heavy atom. The van der Waals surface area contributed by atoms with Gasteiger partial charge in [0.1, 0.15) is 5.75 Å². The highest BCUT2D eigenvalue weighted by molar-refractivity contribution is 6.21. The van der Waals surface area contributed by atoms with Crippen LogP contribution >= 0.6 is 0 Å². The first-order chi connectivity index (χ1) is 17.1. The van der Waals surface area contributed by atoms with E-state index in [1.54, 1.807) is 60.7 Å². The maximum absolute atomic E-state index is 12.4. The minimum atomic E-state index is -0.314. The second-order valence-corrected chi connectivity index (χ2v) is 7.91. The first-order valence-electron chi connectivity index (χ1n) is 11.1. The second kappa shape index (κ2) is 9.60. The molecular weight excluding hydrogens is 446 g/mol. The zero-order valence-corrected chi connectivity index (χ0v) is 18.6. The van der Waals surface area contributed by atoms with Crippen LogP contribution in [0.5, 0.6) is 11.6 Å². The summed E-state index contributed by atoms with van der Waals surface area (Å²) in [7, 11) is 0. The van der Waals surface area contributed by atoms with Crippen LogP contribution in [0.4, 0.5) is 5.69 Å². The van der Waals surface area contributed by atoms with Gasteiger partial charge < -0.3 is 14.6 Å². The molecule has 4 aromatic rings. The van der Waals surface area contributed by atoms with Crippen LogP contribution in [0.2, 0.25) is 0 Å². The Kier molecular flexibility index (Phi) is 6.04. The molecule has 1 N–H and O–H groups in total. The molecule has 0 atom stereocenters. The largest absolute Gasteiger partial charge is 0.438 e. The van der Waals surface area contributed by atoms with E-state index >= 15 is 0 Å². The van der Waals surface area contributed by atoms with Crippen molar-refractivity contribution in [2.24, 2.45) is 0 Å². The molecule has 5 rings (SSSR count). The molecular formula is C26H21N5O4. The first-order valence-corrected chi connectivity index (χ1v) is 11.1. The smallest absolute Gasteiger partial charge is 0.261 e. The fourth-order valence-electron chi connectivity index (χ4n) is 3.78. The summed E-state index contributed by atoms with van der Waals surface area (Å²) in [4.78, 5) is 38.3. The van der Waals surface area contributed by atoms with Crippen molar-refractivity contribution in [2.75, 3.05) is 11.9 Å². The van der Waals surface area contributed by atoms with E-state index in [0.29, 0.717) is 40.7 Å². The average molecular weight is 467 g/mol. The highest BCUT2D eigenvalue weighted by Gasteiger charge is 2.34. The van der Waals surface area contributed by atoms with Gasteiger partial charge in [-0.1, -0.05) is 12.1 Å². The number of hydrogen-bond acceptors (Lipinski definition) is 6. The van der Waals surface area contributed by atoms with Crippen LogP contribution in [0.1, 0.15) is 33.6 Å². The van der Waals surface area contributed by atoms with E-state index in [1.165, 1.54) is 4.90 Å². The lowest BCUT2D eigenvalue weighted by atomic mass is 10.1. The SMILES string of the molecule is O=C(CCCN1C(=O)c2ccccc2C1=O)Nc1ccc(Oc2ccc(-n3cccc3)nn2)cc1. The number of rotatable bonds is 8. The van der Waals surface area contributed by atoms with Crippen LogP contribution in [0.25, 0.3) is 5.82 Å². The number of carbonyl (C=O) groups is 3. The molecule has 0 saturated carbocycles. The Hall–Kier alpha value is -4.79. The van der Waals surface area contributed by atoms with E-state index in [-0.39, 0.29) is 30.7 Å². The quantitative estimate of drug-likeness (QED) is 0.392. The molecule has 0 fully saturated rings. The van der Waals surface area contributed by atoms with Gasteiger partial charge in [-0.2, -0.15) is 0 Å². The van der Waals surface area contributed by atoms with Crippen molar-refractivity contribution >= 4 is 23.4 Å². The molecule has 0 unspecified atom stereocenters. The molecule has 0 bridgehead atoms. The molecule has 2 aromatic heterocycles. The van der Waals surface area contributed by atoms with Crippen molar-refractivity contribution < 1.29 is 19.1 Å². The lowest BCUT2D eigenvalue weighted by Crippen LogP contribution is -2.31. The van der Waals surface area contributed by atoms with E-state index in [2.05, 4.69) is 15.5 Å². The van der Waals surface area contributed by atoms with E-state index in [9.17, 15) is 14.4 Å². The average Bonchev–Trinajstić information content (AvgIpc) is 3.50. The van der Waals surface area contributed by atoms with Gasteiger partial charge in [-0.15, -0.1) is 10.2 Å². The standard InChI is InChI=1S/C26H21N5O4/c32-23(8-5-17-31-25(33)20-6-1-2-7-21(20)26(31)34)27-18-9-11-19(12-10-18)35-24-14-13-22(28-29-24)30-15-3-4-16-30/h1-4,6-7,9-16H,5,8,17H2,(H,27,32). The fraction of sp³-hybridized carbons (Fsp3) is 0.115. The Morgan fingerprint density at radius 1 is 0.829 bits per heavy atom. The minimum Gasteiger partial charge on any atom is -0.438 e. The van der Waals surface area contributed by atoms with Gasteiger partial charge in [0.05, 0.1) is 11.1 Å². The van der Waals surface area contributed by atoms with Gasteiger partial charge in [0.25, 0.3) is 11.8 Å². The van der Waals surface area contributed by atoms with E-state index < -0.39 is 0 Å². The predicted octanol–water partition coefficient (Wildman–Crippen LogP) is 4.07. The van der Waals surface area contributed by atoms with Crippen molar-refractivity contribution in [3.63, 3.8) is 0 Å². The maximum atomic E-state index is 12.4. The van der Waals surface area contributed by atoms with Crippen LogP contribution in [-0.2, 0) is 4.79 Å². The summed E-state index contributed by atoms with van der Waals surface area (Å²) in [6.45, 7) is 0.191. The topological polar surface area (TPSA) is 106 Å². The monoisotopic (exact) mass is 467 g/mol. The van der Waals surface area contributed by atoms with Crippen LogP contribution < -0.4 is 10.1 Å². The van der Waals surface area contributed by atoms with Crippen molar-refractivity contribution in [3.05, 3.63) is 96.3 Å². The molecule has 3 heterocycles. The summed E-state index contributed by atoms with van der Waals surface area (Å²) in [6, 6.07) is 21.0. The molecule has 0 radical (unpaired) electrons. The Bertz CT molecular complexity index is 1330. The molecule has 0 aliphatic carbocycles. The van der Waals surface area contributed by atoms with E-state index in [1.807, 2.05) is 29.1 Å². The normalized spacial score (nSPS) is 12.5. The van der Waals surface area contributed by atoms with E-state index in [4.69, 9.17) is 4.74 Å². The number of nitrogens with one attached hydrogen (secondary N) is 1. The molecule has 0 saturated heterocycles. The van der Waals surface area contributed by atoms with Crippen molar-refractivity contribution in [3.8, 4) is 17.4 Å². The Balaban J connectivity index is 1.09. The minimum absolute atomic E-state index is 0.176. The third-order valence-corrected chi connectivity index (χ3v) is 5.52. The number of ether oxygens (including phenoxy) is 1. The molecule has 2 aromatic carbocycles. The van der Waals surface area contributed by atoms with E-state index in [0.717, 1.165) is 0 Å². The van der Waals surface area contributed by atoms with Crippen molar-refractivity contribution in [1.29, 1.82) is 0 Å². The molecule has 1 aliphatic heterocycles. The predicted molar refractivity (Wildman–Crippen MR) is 128 cm³/mol.